The number of hydrogen-bond donors (Lipinski definition) is 0. The smallest absolute Gasteiger partial charge is 0.133 e. The first-order valence-electron chi connectivity index (χ1n) is 9.99. The van der Waals surface area contributed by atoms with Gasteiger partial charge in [-0.3, -0.25) is 4.98 Å². The summed E-state index contributed by atoms with van der Waals surface area (Å²) in [7, 11) is 1.69. The number of pyridine rings is 1. The third-order valence-electron chi connectivity index (χ3n) is 5.63. The van der Waals surface area contributed by atoms with Crippen LogP contribution in [0.4, 0.5) is 0 Å². The van der Waals surface area contributed by atoms with Crippen LogP contribution in [0.15, 0.2) is 35.0 Å². The average molecular weight is 392 g/mol. The first-order valence-corrected chi connectivity index (χ1v) is 9.99. The molecular weight excluding hydrogens is 368 g/mol. The number of methoxy groups -OCH3 is 1. The molecule has 2 atom stereocenters. The minimum atomic E-state index is 0.219. The number of nitrogens with zero attached hydrogens (tertiary/aromatic N) is 4. The van der Waals surface area contributed by atoms with Gasteiger partial charge in [0.25, 0.3) is 0 Å². The van der Waals surface area contributed by atoms with Gasteiger partial charge in [0.15, 0.2) is 0 Å². The van der Waals surface area contributed by atoms with Gasteiger partial charge in [0.2, 0.25) is 0 Å². The molecule has 1 aliphatic heterocycles. The number of benzene rings is 1. The van der Waals surface area contributed by atoms with Crippen molar-refractivity contribution >= 4 is 21.9 Å². The Morgan fingerprint density at radius 1 is 1.24 bits per heavy atom. The molecule has 0 amide bonds. The van der Waals surface area contributed by atoms with Gasteiger partial charge in [-0.15, -0.1) is 0 Å². The lowest BCUT2D eigenvalue weighted by molar-refractivity contribution is 0.00630. The van der Waals surface area contributed by atoms with Crippen molar-refractivity contribution in [1.29, 1.82) is 0 Å². The largest absolute Gasteiger partial charge is 0.497 e. The van der Waals surface area contributed by atoms with E-state index in [0.717, 1.165) is 64.4 Å². The van der Waals surface area contributed by atoms with Crippen molar-refractivity contribution in [1.82, 2.24) is 19.7 Å². The Bertz CT molecular complexity index is 1180. The molecule has 1 unspecified atom stereocenters. The van der Waals surface area contributed by atoms with Gasteiger partial charge in [0.1, 0.15) is 22.9 Å². The van der Waals surface area contributed by atoms with Gasteiger partial charge in [-0.1, -0.05) is 5.16 Å². The number of fused-ring (bicyclic) bond motifs is 3. The lowest BCUT2D eigenvalue weighted by Crippen LogP contribution is -2.26. The molecule has 0 bridgehead atoms. The van der Waals surface area contributed by atoms with Crippen molar-refractivity contribution in [3.8, 4) is 5.75 Å². The molecule has 0 aliphatic carbocycles. The third kappa shape index (κ3) is 3.25. The fraction of sp³-hybridized carbons (Fsp3) is 0.409. The number of imidazole rings is 1. The molecule has 4 aromatic rings. The first-order chi connectivity index (χ1) is 14.1. The average Bonchev–Trinajstić information content (AvgIpc) is 3.30. The summed E-state index contributed by atoms with van der Waals surface area (Å²) in [5, 5.41) is 5.24. The molecule has 4 heterocycles. The van der Waals surface area contributed by atoms with E-state index < -0.39 is 0 Å². The van der Waals surface area contributed by atoms with Crippen LogP contribution in [-0.2, 0) is 11.2 Å². The molecule has 29 heavy (non-hydrogen) atoms. The molecule has 1 fully saturated rings. The lowest BCUT2D eigenvalue weighted by Gasteiger charge is -2.30. The Morgan fingerprint density at radius 2 is 2.14 bits per heavy atom. The normalized spacial score (nSPS) is 19.8. The number of aryl methyl sites for hydroxylation is 1. The van der Waals surface area contributed by atoms with Gasteiger partial charge < -0.3 is 18.6 Å². The van der Waals surface area contributed by atoms with Gasteiger partial charge >= 0.3 is 0 Å². The van der Waals surface area contributed by atoms with E-state index in [1.165, 1.54) is 0 Å². The second-order valence-electron chi connectivity index (χ2n) is 7.74. The van der Waals surface area contributed by atoms with Crippen molar-refractivity contribution in [2.45, 2.75) is 45.3 Å². The van der Waals surface area contributed by atoms with E-state index >= 15 is 0 Å². The zero-order valence-electron chi connectivity index (χ0n) is 16.9. The molecule has 1 saturated heterocycles. The molecule has 150 valence electrons. The van der Waals surface area contributed by atoms with E-state index in [2.05, 4.69) is 27.7 Å². The van der Waals surface area contributed by atoms with Crippen LogP contribution in [0, 0.1) is 6.92 Å². The van der Waals surface area contributed by atoms with Crippen molar-refractivity contribution < 1.29 is 14.0 Å². The van der Waals surface area contributed by atoms with Crippen LogP contribution in [0.2, 0.25) is 0 Å². The number of hydrogen-bond acceptors (Lipinski definition) is 6. The van der Waals surface area contributed by atoms with Crippen LogP contribution < -0.4 is 4.74 Å². The van der Waals surface area contributed by atoms with Gasteiger partial charge in [-0.05, 0) is 44.9 Å². The quantitative estimate of drug-likeness (QED) is 0.518. The van der Waals surface area contributed by atoms with Gasteiger partial charge in [-0.25, -0.2) is 4.98 Å². The number of ether oxygens (including phenoxy) is 2. The van der Waals surface area contributed by atoms with Crippen LogP contribution in [-0.4, -0.2) is 39.5 Å². The van der Waals surface area contributed by atoms with Crippen LogP contribution in [0.1, 0.15) is 43.1 Å². The lowest BCUT2D eigenvalue weighted by atomic mass is 10.0. The van der Waals surface area contributed by atoms with Gasteiger partial charge in [0.05, 0.1) is 42.6 Å². The molecule has 7 heteroatoms. The predicted molar refractivity (Wildman–Crippen MR) is 109 cm³/mol. The van der Waals surface area contributed by atoms with Gasteiger partial charge in [0, 0.05) is 24.1 Å². The van der Waals surface area contributed by atoms with E-state index in [-0.39, 0.29) is 6.10 Å². The minimum Gasteiger partial charge on any atom is -0.497 e. The Labute approximate surface area is 168 Å². The second-order valence-corrected chi connectivity index (χ2v) is 7.74. The molecule has 3 aromatic heterocycles. The summed E-state index contributed by atoms with van der Waals surface area (Å²) in [4.78, 5) is 9.58. The fourth-order valence-corrected chi connectivity index (χ4v) is 4.32. The zero-order chi connectivity index (χ0) is 20.0. The third-order valence-corrected chi connectivity index (χ3v) is 5.63. The highest BCUT2D eigenvalue weighted by molar-refractivity contribution is 6.03. The summed E-state index contributed by atoms with van der Waals surface area (Å²) in [6, 6.07) is 8.27. The first kappa shape index (κ1) is 18.1. The molecule has 0 N–H and O–H groups in total. The summed E-state index contributed by atoms with van der Waals surface area (Å²) in [6.07, 6.45) is 4.60. The molecule has 5 rings (SSSR count). The summed E-state index contributed by atoms with van der Waals surface area (Å²) in [5.74, 6) is 2.59. The summed E-state index contributed by atoms with van der Waals surface area (Å²) in [5.41, 5.74) is 3.81. The van der Waals surface area contributed by atoms with Gasteiger partial charge in [-0.2, -0.15) is 0 Å². The van der Waals surface area contributed by atoms with E-state index in [1.54, 1.807) is 7.11 Å². The maximum atomic E-state index is 5.81. The summed E-state index contributed by atoms with van der Waals surface area (Å²) in [6.45, 7) is 4.79. The highest BCUT2D eigenvalue weighted by Gasteiger charge is 2.26. The van der Waals surface area contributed by atoms with Crippen molar-refractivity contribution in [2.75, 3.05) is 13.7 Å². The molecular formula is C22H24N4O3. The molecule has 0 saturated carbocycles. The molecule has 0 spiro atoms. The maximum Gasteiger partial charge on any atom is 0.133 e. The number of aromatic nitrogens is 4. The molecule has 1 aliphatic rings. The molecule has 7 nitrogen and oxygen atoms in total. The topological polar surface area (TPSA) is 75.2 Å². The number of rotatable bonds is 4. The van der Waals surface area contributed by atoms with Crippen molar-refractivity contribution in [2.24, 2.45) is 0 Å². The Hall–Kier alpha value is -2.93. The Balaban J connectivity index is 1.74. The predicted octanol–water partition coefficient (Wildman–Crippen LogP) is 4.22. The molecule has 0 radical (unpaired) electrons. The highest BCUT2D eigenvalue weighted by Crippen LogP contribution is 2.35. The SMILES string of the molecule is COc1ccc2ncc3nc(Cc4cc(C)on4)n(C4CCO[C@@H](C)C4)c3c2c1. The van der Waals surface area contributed by atoms with E-state index in [0.29, 0.717) is 12.5 Å². The highest BCUT2D eigenvalue weighted by atomic mass is 16.5. The minimum absolute atomic E-state index is 0.219. The van der Waals surface area contributed by atoms with E-state index in [9.17, 15) is 0 Å². The molecule has 1 aromatic carbocycles. The summed E-state index contributed by atoms with van der Waals surface area (Å²) < 4.78 is 18.9. The van der Waals surface area contributed by atoms with Crippen molar-refractivity contribution in [3.05, 3.63) is 47.7 Å². The fourth-order valence-electron chi connectivity index (χ4n) is 4.32. The van der Waals surface area contributed by atoms with Crippen LogP contribution in [0.3, 0.4) is 0 Å². The van der Waals surface area contributed by atoms with Crippen LogP contribution >= 0.6 is 0 Å². The Kier molecular flexibility index (Phi) is 4.47. The van der Waals surface area contributed by atoms with E-state index in [4.69, 9.17) is 19.0 Å². The Morgan fingerprint density at radius 3 is 2.90 bits per heavy atom. The standard InChI is InChI=1S/C22H24N4O3/c1-13-9-16(6-7-28-13)26-21(10-15-8-14(2)29-25-15)24-20-12-23-19-5-4-17(27-3)11-18(19)22(20)26/h4-5,8,11-13,16H,6-7,9-10H2,1-3H3/t13-,16?/m0/s1. The monoisotopic (exact) mass is 392 g/mol. The zero-order valence-corrected chi connectivity index (χ0v) is 16.9. The van der Waals surface area contributed by atoms with E-state index in [1.807, 2.05) is 31.3 Å². The second kappa shape index (κ2) is 7.15. The van der Waals surface area contributed by atoms with Crippen LogP contribution in [0.25, 0.3) is 21.9 Å². The summed E-state index contributed by atoms with van der Waals surface area (Å²) >= 11 is 0. The maximum absolute atomic E-state index is 5.81. The van der Waals surface area contributed by atoms with Crippen LogP contribution in [0.5, 0.6) is 5.75 Å². The van der Waals surface area contributed by atoms with Crippen molar-refractivity contribution in [3.63, 3.8) is 0 Å².